The highest BCUT2D eigenvalue weighted by Gasteiger charge is 2.49. The van der Waals surface area contributed by atoms with Crippen molar-refractivity contribution in [3.8, 4) is 5.88 Å². The third-order valence-corrected chi connectivity index (χ3v) is 5.60. The third kappa shape index (κ3) is 2.60. The van der Waals surface area contributed by atoms with E-state index in [0.29, 0.717) is 18.5 Å². The van der Waals surface area contributed by atoms with E-state index in [4.69, 9.17) is 4.74 Å². The Balaban J connectivity index is 1.62. The molecule has 2 aliphatic heterocycles. The lowest BCUT2D eigenvalue weighted by molar-refractivity contribution is 0.291. The van der Waals surface area contributed by atoms with Gasteiger partial charge < -0.3 is 9.64 Å². The minimum atomic E-state index is -0.281. The summed E-state index contributed by atoms with van der Waals surface area (Å²) in [6.07, 6.45) is 3.23. The highest BCUT2D eigenvalue weighted by atomic mass is 19.1. The molecule has 4 rings (SSSR count). The van der Waals surface area contributed by atoms with Gasteiger partial charge in [0, 0.05) is 12.1 Å². The van der Waals surface area contributed by atoms with Crippen LogP contribution in [0, 0.1) is 5.82 Å². The van der Waals surface area contributed by atoms with Gasteiger partial charge in [-0.3, -0.25) is 4.57 Å². The van der Waals surface area contributed by atoms with Crippen LogP contribution in [0.4, 0.5) is 10.2 Å². The summed E-state index contributed by atoms with van der Waals surface area (Å²) in [6, 6.07) is 8.39. The van der Waals surface area contributed by atoms with Crippen LogP contribution in [0.15, 0.2) is 35.1 Å². The molecule has 2 aliphatic rings. The van der Waals surface area contributed by atoms with Crippen LogP contribution in [-0.2, 0) is 13.2 Å². The van der Waals surface area contributed by atoms with E-state index in [9.17, 15) is 9.18 Å². The molecule has 6 heteroatoms. The average molecular weight is 343 g/mol. The standard InChI is InChI=1S/C19H22FN3O2/c1-3-19-9-8-13(2)23(19)17-10-16(21-18(24)22(17)12-19)25-11-14-4-6-15(20)7-5-14/h4-7,10,13H,3,8-9,11-12H2,1-2H3. The van der Waals surface area contributed by atoms with E-state index < -0.39 is 0 Å². The predicted octanol–water partition coefficient (Wildman–Crippen LogP) is 3.11. The monoisotopic (exact) mass is 343 g/mol. The summed E-state index contributed by atoms with van der Waals surface area (Å²) in [4.78, 5) is 18.9. The van der Waals surface area contributed by atoms with Gasteiger partial charge in [0.15, 0.2) is 0 Å². The van der Waals surface area contributed by atoms with E-state index in [1.165, 1.54) is 12.1 Å². The van der Waals surface area contributed by atoms with Crippen LogP contribution in [0.2, 0.25) is 0 Å². The molecular formula is C19H22FN3O2. The van der Waals surface area contributed by atoms with Crippen molar-refractivity contribution in [1.29, 1.82) is 0 Å². The molecule has 0 radical (unpaired) electrons. The number of ether oxygens (including phenoxy) is 1. The smallest absolute Gasteiger partial charge is 0.352 e. The molecule has 2 aromatic rings. The van der Waals surface area contributed by atoms with Gasteiger partial charge in [0.05, 0.1) is 12.1 Å². The molecule has 2 atom stereocenters. The maximum atomic E-state index is 13.0. The Labute approximate surface area is 146 Å². The Kier molecular flexibility index (Phi) is 3.78. The Morgan fingerprint density at radius 1 is 1.36 bits per heavy atom. The van der Waals surface area contributed by atoms with Gasteiger partial charge in [-0.25, -0.2) is 9.18 Å². The number of nitrogens with zero attached hydrogens (tertiary/aromatic N) is 3. The van der Waals surface area contributed by atoms with Gasteiger partial charge in [0.1, 0.15) is 18.2 Å². The topological polar surface area (TPSA) is 47.4 Å². The van der Waals surface area contributed by atoms with Crippen molar-refractivity contribution in [3.05, 3.63) is 52.2 Å². The molecule has 5 nitrogen and oxygen atoms in total. The molecule has 3 heterocycles. The van der Waals surface area contributed by atoms with Crippen molar-refractivity contribution in [1.82, 2.24) is 9.55 Å². The Hall–Kier alpha value is -2.37. The number of halogens is 1. The van der Waals surface area contributed by atoms with Gasteiger partial charge in [0.2, 0.25) is 5.88 Å². The molecule has 132 valence electrons. The number of hydrogen-bond acceptors (Lipinski definition) is 4. The van der Waals surface area contributed by atoms with Crippen molar-refractivity contribution < 1.29 is 9.13 Å². The fourth-order valence-corrected chi connectivity index (χ4v) is 4.21. The summed E-state index contributed by atoms with van der Waals surface area (Å²) in [6.45, 7) is 5.34. The van der Waals surface area contributed by atoms with Gasteiger partial charge in [-0.1, -0.05) is 19.1 Å². The van der Waals surface area contributed by atoms with Crippen LogP contribution in [0.5, 0.6) is 5.88 Å². The highest BCUT2D eigenvalue weighted by Crippen LogP contribution is 2.46. The van der Waals surface area contributed by atoms with Gasteiger partial charge in [-0.15, -0.1) is 0 Å². The minimum Gasteiger partial charge on any atom is -0.473 e. The second kappa shape index (κ2) is 5.86. The van der Waals surface area contributed by atoms with Crippen LogP contribution >= 0.6 is 0 Å². The van der Waals surface area contributed by atoms with E-state index in [-0.39, 0.29) is 23.7 Å². The summed E-state index contributed by atoms with van der Waals surface area (Å²) in [7, 11) is 0. The molecule has 0 N–H and O–H groups in total. The molecule has 1 aromatic carbocycles. The number of rotatable bonds is 4. The zero-order valence-electron chi connectivity index (χ0n) is 14.5. The zero-order valence-corrected chi connectivity index (χ0v) is 14.5. The lowest BCUT2D eigenvalue weighted by Gasteiger charge is -2.34. The first-order chi connectivity index (χ1) is 12.0. The van der Waals surface area contributed by atoms with E-state index in [0.717, 1.165) is 30.6 Å². The Bertz CT molecular complexity index is 849. The SMILES string of the molecule is CCC12CCC(C)N1c1cc(OCc3ccc(F)cc3)nc(=O)n1C2. The normalized spacial score (nSPS) is 24.3. The van der Waals surface area contributed by atoms with Crippen LogP contribution in [0.3, 0.4) is 0 Å². The van der Waals surface area contributed by atoms with Crippen molar-refractivity contribution in [3.63, 3.8) is 0 Å². The first-order valence-electron chi connectivity index (χ1n) is 8.81. The van der Waals surface area contributed by atoms with Gasteiger partial charge >= 0.3 is 5.69 Å². The quantitative estimate of drug-likeness (QED) is 0.856. The molecule has 0 saturated carbocycles. The molecular weight excluding hydrogens is 321 g/mol. The number of anilines is 1. The van der Waals surface area contributed by atoms with Crippen molar-refractivity contribution >= 4 is 5.82 Å². The highest BCUT2D eigenvalue weighted by molar-refractivity contribution is 5.52. The summed E-state index contributed by atoms with van der Waals surface area (Å²) < 4.78 is 20.5. The van der Waals surface area contributed by atoms with Gasteiger partial charge in [-0.2, -0.15) is 4.98 Å². The van der Waals surface area contributed by atoms with Crippen molar-refractivity contribution in [2.24, 2.45) is 0 Å². The second-order valence-corrected chi connectivity index (χ2v) is 7.07. The maximum absolute atomic E-state index is 13.0. The van der Waals surface area contributed by atoms with E-state index in [1.54, 1.807) is 16.7 Å². The average Bonchev–Trinajstić information content (AvgIpc) is 3.11. The van der Waals surface area contributed by atoms with E-state index in [1.807, 2.05) is 6.07 Å². The van der Waals surface area contributed by atoms with Crippen LogP contribution < -0.4 is 15.3 Å². The lowest BCUT2D eigenvalue weighted by atomic mass is 9.94. The minimum absolute atomic E-state index is 0.0306. The number of fused-ring (bicyclic) bond motifs is 3. The molecule has 0 bridgehead atoms. The molecule has 0 spiro atoms. The first-order valence-corrected chi connectivity index (χ1v) is 8.81. The summed E-state index contributed by atoms with van der Waals surface area (Å²) in [5.74, 6) is 0.948. The van der Waals surface area contributed by atoms with E-state index >= 15 is 0 Å². The van der Waals surface area contributed by atoms with Crippen molar-refractivity contribution in [2.45, 2.75) is 57.8 Å². The third-order valence-electron chi connectivity index (χ3n) is 5.60. The Morgan fingerprint density at radius 3 is 2.84 bits per heavy atom. The molecule has 0 amide bonds. The lowest BCUT2D eigenvalue weighted by Crippen LogP contribution is -2.43. The predicted molar refractivity (Wildman–Crippen MR) is 93.4 cm³/mol. The van der Waals surface area contributed by atoms with Gasteiger partial charge in [0.25, 0.3) is 0 Å². The molecule has 25 heavy (non-hydrogen) atoms. The second-order valence-electron chi connectivity index (χ2n) is 7.07. The van der Waals surface area contributed by atoms with Gasteiger partial charge in [-0.05, 0) is 43.9 Å². The molecule has 0 aliphatic carbocycles. The van der Waals surface area contributed by atoms with E-state index in [2.05, 4.69) is 23.7 Å². The first kappa shape index (κ1) is 16.1. The zero-order chi connectivity index (χ0) is 17.6. The maximum Gasteiger partial charge on any atom is 0.352 e. The number of aromatic nitrogens is 2. The molecule has 1 fully saturated rings. The fourth-order valence-electron chi connectivity index (χ4n) is 4.21. The molecule has 1 aromatic heterocycles. The number of benzene rings is 1. The summed E-state index contributed by atoms with van der Waals surface area (Å²) in [5, 5.41) is 0. The summed E-state index contributed by atoms with van der Waals surface area (Å²) >= 11 is 0. The fraction of sp³-hybridized carbons (Fsp3) is 0.474. The Morgan fingerprint density at radius 2 is 2.12 bits per heavy atom. The number of hydrogen-bond donors (Lipinski definition) is 0. The summed E-state index contributed by atoms with van der Waals surface area (Å²) in [5.41, 5.74) is 0.602. The van der Waals surface area contributed by atoms with Crippen LogP contribution in [-0.4, -0.2) is 21.1 Å². The molecule has 2 unspecified atom stereocenters. The van der Waals surface area contributed by atoms with Crippen LogP contribution in [0.1, 0.15) is 38.7 Å². The van der Waals surface area contributed by atoms with Crippen LogP contribution in [0.25, 0.3) is 0 Å². The van der Waals surface area contributed by atoms with Crippen molar-refractivity contribution in [2.75, 3.05) is 4.90 Å². The largest absolute Gasteiger partial charge is 0.473 e. The molecule has 1 saturated heterocycles.